The number of rotatable bonds is 1. The molecule has 0 amide bonds. The number of hydrogen-bond acceptors (Lipinski definition) is 6. The van der Waals surface area contributed by atoms with Crippen molar-refractivity contribution in [1.82, 2.24) is 4.90 Å². The lowest BCUT2D eigenvalue weighted by atomic mass is 10.9. The minimum atomic E-state index is -2.62. The minimum Gasteiger partial charge on any atom is -0.265 e. The van der Waals surface area contributed by atoms with Gasteiger partial charge < -0.3 is 0 Å². The maximum atomic E-state index is 10.6. The Bertz CT molecular complexity index is 178. The summed E-state index contributed by atoms with van der Waals surface area (Å²) in [6.07, 6.45) is -0.818. The first-order valence-electron chi connectivity index (χ1n) is 2.85. The van der Waals surface area contributed by atoms with Gasteiger partial charge in [0.15, 0.2) is 0 Å². The summed E-state index contributed by atoms with van der Waals surface area (Å²) in [5.74, 6) is 0. The van der Waals surface area contributed by atoms with Gasteiger partial charge in [0.2, 0.25) is 6.41 Å². The standard InChI is InChI=1S/C3H9NO5P2/c1-4(2)3-7-10(5)9-11(6)8-3/h3,10-11H,1-2H3. The quantitative estimate of drug-likeness (QED) is 0.581. The second-order valence-corrected chi connectivity index (χ2v) is 4.40. The van der Waals surface area contributed by atoms with Crippen molar-refractivity contribution in [1.29, 1.82) is 0 Å². The molecule has 1 aliphatic rings. The van der Waals surface area contributed by atoms with Crippen molar-refractivity contribution in [3.8, 4) is 0 Å². The van der Waals surface area contributed by atoms with Crippen LogP contribution in [0.2, 0.25) is 0 Å². The smallest absolute Gasteiger partial charge is 0.265 e. The Morgan fingerprint density at radius 3 is 2.00 bits per heavy atom. The molecule has 0 N–H and O–H groups in total. The van der Waals surface area contributed by atoms with E-state index in [2.05, 4.69) is 13.4 Å². The Labute approximate surface area is 65.3 Å². The van der Waals surface area contributed by atoms with Gasteiger partial charge in [0.25, 0.3) is 0 Å². The molecule has 1 aliphatic heterocycles. The fraction of sp³-hybridized carbons (Fsp3) is 1.00. The summed E-state index contributed by atoms with van der Waals surface area (Å²) in [6, 6.07) is 0. The van der Waals surface area contributed by atoms with E-state index in [1.54, 1.807) is 14.1 Å². The van der Waals surface area contributed by atoms with E-state index >= 15 is 0 Å². The van der Waals surface area contributed by atoms with Gasteiger partial charge in [-0.15, -0.1) is 0 Å². The summed E-state index contributed by atoms with van der Waals surface area (Å²) in [5, 5.41) is 0. The highest BCUT2D eigenvalue weighted by Gasteiger charge is 2.26. The second kappa shape index (κ2) is 3.81. The third-order valence-corrected chi connectivity index (χ3v) is 3.10. The zero-order chi connectivity index (χ0) is 8.43. The molecule has 0 bridgehead atoms. The van der Waals surface area contributed by atoms with Crippen molar-refractivity contribution in [2.45, 2.75) is 6.41 Å². The highest BCUT2D eigenvalue weighted by Crippen LogP contribution is 2.47. The Kier molecular flexibility index (Phi) is 3.25. The molecule has 0 aromatic carbocycles. The van der Waals surface area contributed by atoms with E-state index in [9.17, 15) is 9.13 Å². The topological polar surface area (TPSA) is 65.1 Å². The molecule has 1 rings (SSSR count). The van der Waals surface area contributed by atoms with Crippen molar-refractivity contribution in [3.63, 3.8) is 0 Å². The lowest BCUT2D eigenvalue weighted by Crippen LogP contribution is -2.31. The van der Waals surface area contributed by atoms with Gasteiger partial charge >= 0.3 is 16.5 Å². The molecule has 11 heavy (non-hydrogen) atoms. The molecule has 1 fully saturated rings. The van der Waals surface area contributed by atoms with Crippen LogP contribution in [0.5, 0.6) is 0 Å². The Morgan fingerprint density at radius 1 is 1.18 bits per heavy atom. The first kappa shape index (κ1) is 9.39. The summed E-state index contributed by atoms with van der Waals surface area (Å²) in [4.78, 5) is 1.51. The zero-order valence-corrected chi connectivity index (χ0v) is 8.07. The maximum absolute atomic E-state index is 10.6. The van der Waals surface area contributed by atoms with E-state index in [1.807, 2.05) is 0 Å². The SMILES string of the molecule is CN(C)C1O[PH](=O)O[PH](=O)O1. The lowest BCUT2D eigenvalue weighted by molar-refractivity contribution is -0.107. The minimum absolute atomic E-state index is 0.818. The summed E-state index contributed by atoms with van der Waals surface area (Å²) in [7, 11) is -1.93. The van der Waals surface area contributed by atoms with E-state index in [0.717, 1.165) is 0 Å². The summed E-state index contributed by atoms with van der Waals surface area (Å²) in [5.41, 5.74) is 0. The van der Waals surface area contributed by atoms with E-state index in [1.165, 1.54) is 4.90 Å². The molecule has 66 valence electrons. The molecular weight excluding hydrogens is 192 g/mol. The van der Waals surface area contributed by atoms with Gasteiger partial charge in [-0.1, -0.05) is 0 Å². The van der Waals surface area contributed by atoms with Gasteiger partial charge in [0.05, 0.1) is 0 Å². The molecular formula is C3H9NO5P2. The molecule has 2 unspecified atom stereocenters. The van der Waals surface area contributed by atoms with Crippen molar-refractivity contribution >= 4 is 16.5 Å². The predicted molar refractivity (Wildman–Crippen MR) is 38.7 cm³/mol. The Hall–Kier alpha value is 0.300. The fourth-order valence-electron chi connectivity index (χ4n) is 0.516. The van der Waals surface area contributed by atoms with Crippen LogP contribution in [-0.4, -0.2) is 25.4 Å². The highest BCUT2D eigenvalue weighted by molar-refractivity contribution is 7.48. The van der Waals surface area contributed by atoms with Crippen LogP contribution >= 0.6 is 16.5 Å². The van der Waals surface area contributed by atoms with Crippen LogP contribution < -0.4 is 0 Å². The monoisotopic (exact) mass is 201 g/mol. The first-order valence-corrected chi connectivity index (χ1v) is 5.30. The first-order chi connectivity index (χ1) is 5.09. The maximum Gasteiger partial charge on any atom is 0.329 e. The molecule has 0 aliphatic carbocycles. The van der Waals surface area contributed by atoms with Crippen LogP contribution in [0, 0.1) is 0 Å². The van der Waals surface area contributed by atoms with Gasteiger partial charge in [-0.25, -0.2) is 4.31 Å². The molecule has 0 aromatic rings. The van der Waals surface area contributed by atoms with E-state index < -0.39 is 22.9 Å². The van der Waals surface area contributed by atoms with E-state index in [4.69, 9.17) is 0 Å². The van der Waals surface area contributed by atoms with Gasteiger partial charge in [-0.3, -0.25) is 23.1 Å². The molecule has 0 radical (unpaired) electrons. The van der Waals surface area contributed by atoms with Gasteiger partial charge in [0.1, 0.15) is 0 Å². The van der Waals surface area contributed by atoms with Gasteiger partial charge in [-0.2, -0.15) is 0 Å². The van der Waals surface area contributed by atoms with Crippen molar-refractivity contribution in [2.24, 2.45) is 0 Å². The summed E-state index contributed by atoms with van der Waals surface area (Å²) < 4.78 is 34.9. The molecule has 1 heterocycles. The number of nitrogens with zero attached hydrogens (tertiary/aromatic N) is 1. The predicted octanol–water partition coefficient (Wildman–Crippen LogP) is 0.674. The van der Waals surface area contributed by atoms with Crippen molar-refractivity contribution in [2.75, 3.05) is 14.1 Å². The average Bonchev–Trinajstić information content (AvgIpc) is 1.85. The lowest BCUT2D eigenvalue weighted by Gasteiger charge is -2.26. The molecule has 0 aromatic heterocycles. The largest absolute Gasteiger partial charge is 0.329 e. The molecule has 6 nitrogen and oxygen atoms in total. The van der Waals surface area contributed by atoms with Crippen LogP contribution in [0.15, 0.2) is 0 Å². The third kappa shape index (κ3) is 2.67. The number of hydrogen-bond donors (Lipinski definition) is 0. The van der Waals surface area contributed by atoms with Crippen molar-refractivity contribution in [3.05, 3.63) is 0 Å². The molecule has 8 heteroatoms. The average molecular weight is 201 g/mol. The fourth-order valence-corrected chi connectivity index (χ4v) is 2.39. The Morgan fingerprint density at radius 2 is 1.64 bits per heavy atom. The van der Waals surface area contributed by atoms with E-state index in [0.29, 0.717) is 0 Å². The summed E-state index contributed by atoms with van der Waals surface area (Å²) >= 11 is 0. The van der Waals surface area contributed by atoms with Crippen molar-refractivity contribution < 1.29 is 22.5 Å². The van der Waals surface area contributed by atoms with Gasteiger partial charge in [0, 0.05) is 0 Å². The summed E-state index contributed by atoms with van der Waals surface area (Å²) in [6.45, 7) is 0. The highest BCUT2D eigenvalue weighted by atomic mass is 31.2. The molecule has 1 saturated heterocycles. The normalized spacial score (nSPS) is 39.4. The van der Waals surface area contributed by atoms with Crippen LogP contribution in [0.3, 0.4) is 0 Å². The van der Waals surface area contributed by atoms with E-state index in [-0.39, 0.29) is 0 Å². The molecule has 2 atom stereocenters. The van der Waals surface area contributed by atoms with Gasteiger partial charge in [-0.05, 0) is 14.1 Å². The third-order valence-electron chi connectivity index (χ3n) is 0.982. The van der Waals surface area contributed by atoms with Crippen LogP contribution in [0.4, 0.5) is 0 Å². The molecule has 0 saturated carbocycles. The molecule has 0 spiro atoms. The second-order valence-electron chi connectivity index (χ2n) is 2.11. The van der Waals surface area contributed by atoms with Crippen LogP contribution in [-0.2, 0) is 22.5 Å². The van der Waals surface area contributed by atoms with Crippen LogP contribution in [0.1, 0.15) is 0 Å². The zero-order valence-electron chi connectivity index (χ0n) is 6.07. The van der Waals surface area contributed by atoms with Crippen LogP contribution in [0.25, 0.3) is 0 Å². The Balaban J connectivity index is 2.56.